The first kappa shape index (κ1) is 13.3. The van der Waals surface area contributed by atoms with Gasteiger partial charge in [-0.1, -0.05) is 17.7 Å². The topological polar surface area (TPSA) is 49.3 Å². The summed E-state index contributed by atoms with van der Waals surface area (Å²) in [5, 5.41) is 12.3. The summed E-state index contributed by atoms with van der Waals surface area (Å²) >= 11 is 9.31. The fourth-order valence-corrected chi connectivity index (χ4v) is 1.84. The van der Waals surface area contributed by atoms with Crippen molar-refractivity contribution in [2.45, 2.75) is 19.3 Å². The molecular weight excluding hydrogens is 293 g/mol. The minimum Gasteiger partial charge on any atom is -0.481 e. The molecule has 0 bridgehead atoms. The third-order valence-electron chi connectivity index (χ3n) is 2.08. The summed E-state index contributed by atoms with van der Waals surface area (Å²) in [4.78, 5) is 10.3. The lowest BCUT2D eigenvalue weighted by atomic mass is 10.2. The van der Waals surface area contributed by atoms with Crippen LogP contribution in [0.1, 0.15) is 19.3 Å². The van der Waals surface area contributed by atoms with E-state index >= 15 is 0 Å². The molecule has 3 nitrogen and oxygen atoms in total. The summed E-state index contributed by atoms with van der Waals surface area (Å²) in [6, 6.07) is 5.60. The SMILES string of the molecule is O=C(O)CCCCNc1cccc(Cl)c1Br. The Morgan fingerprint density at radius 1 is 1.44 bits per heavy atom. The van der Waals surface area contributed by atoms with Crippen LogP contribution in [0, 0.1) is 0 Å². The van der Waals surface area contributed by atoms with Crippen LogP contribution in [0.3, 0.4) is 0 Å². The van der Waals surface area contributed by atoms with Crippen LogP contribution in [-0.4, -0.2) is 17.6 Å². The second kappa shape index (κ2) is 6.76. The number of aliphatic carboxylic acids is 1. The number of rotatable bonds is 6. The minimum atomic E-state index is -0.746. The van der Waals surface area contributed by atoms with Crippen molar-refractivity contribution in [3.8, 4) is 0 Å². The molecule has 16 heavy (non-hydrogen) atoms. The zero-order chi connectivity index (χ0) is 12.0. The van der Waals surface area contributed by atoms with Gasteiger partial charge < -0.3 is 10.4 Å². The number of hydrogen-bond donors (Lipinski definition) is 2. The Hall–Kier alpha value is -0.740. The molecule has 0 aliphatic rings. The van der Waals surface area contributed by atoms with Crippen LogP contribution >= 0.6 is 27.5 Å². The number of nitrogens with one attached hydrogen (secondary N) is 1. The van der Waals surface area contributed by atoms with E-state index in [-0.39, 0.29) is 6.42 Å². The second-order valence-electron chi connectivity index (χ2n) is 3.38. The molecular formula is C11H13BrClNO2. The van der Waals surface area contributed by atoms with Crippen molar-refractivity contribution < 1.29 is 9.90 Å². The number of carbonyl (C=O) groups is 1. The molecule has 0 aromatic heterocycles. The first-order valence-corrected chi connectivity index (χ1v) is 6.18. The third-order valence-corrected chi connectivity index (χ3v) is 3.48. The molecule has 0 aliphatic heterocycles. The van der Waals surface area contributed by atoms with Gasteiger partial charge in [-0.3, -0.25) is 4.79 Å². The average molecular weight is 307 g/mol. The standard InChI is InChI=1S/C11H13BrClNO2/c12-11-8(13)4-3-5-9(11)14-7-2-1-6-10(15)16/h3-5,14H,1-2,6-7H2,(H,15,16). The Morgan fingerprint density at radius 3 is 2.88 bits per heavy atom. The normalized spacial score (nSPS) is 10.1. The molecule has 0 aliphatic carbocycles. The fourth-order valence-electron chi connectivity index (χ4n) is 1.26. The van der Waals surface area contributed by atoms with Crippen molar-refractivity contribution in [2.24, 2.45) is 0 Å². The highest BCUT2D eigenvalue weighted by atomic mass is 79.9. The van der Waals surface area contributed by atoms with Gasteiger partial charge in [0, 0.05) is 18.7 Å². The number of anilines is 1. The summed E-state index contributed by atoms with van der Waals surface area (Å²) in [5.41, 5.74) is 0.933. The molecule has 2 N–H and O–H groups in total. The van der Waals surface area contributed by atoms with Gasteiger partial charge in [0.25, 0.3) is 0 Å². The first-order chi connectivity index (χ1) is 7.61. The van der Waals surface area contributed by atoms with E-state index in [1.807, 2.05) is 12.1 Å². The van der Waals surface area contributed by atoms with E-state index in [1.165, 1.54) is 0 Å². The van der Waals surface area contributed by atoms with Crippen LogP contribution in [0.5, 0.6) is 0 Å². The van der Waals surface area contributed by atoms with Crippen molar-refractivity contribution in [3.05, 3.63) is 27.7 Å². The van der Waals surface area contributed by atoms with Crippen LogP contribution < -0.4 is 5.32 Å². The molecule has 1 aromatic rings. The molecule has 0 heterocycles. The predicted octanol–water partition coefficient (Wildman–Crippen LogP) is 3.77. The number of benzene rings is 1. The Labute approximate surface area is 108 Å². The highest BCUT2D eigenvalue weighted by Crippen LogP contribution is 2.29. The van der Waals surface area contributed by atoms with Crippen LogP contribution in [0.25, 0.3) is 0 Å². The van der Waals surface area contributed by atoms with Crippen LogP contribution in [0.2, 0.25) is 5.02 Å². The second-order valence-corrected chi connectivity index (χ2v) is 4.58. The summed E-state index contributed by atoms with van der Waals surface area (Å²) in [6.07, 6.45) is 1.73. The lowest BCUT2D eigenvalue weighted by Gasteiger charge is -2.08. The monoisotopic (exact) mass is 305 g/mol. The van der Waals surface area contributed by atoms with Crippen molar-refractivity contribution in [1.29, 1.82) is 0 Å². The molecule has 0 saturated heterocycles. The Bertz CT molecular complexity index is 371. The average Bonchev–Trinajstić information content (AvgIpc) is 2.23. The molecule has 1 aromatic carbocycles. The van der Waals surface area contributed by atoms with E-state index in [9.17, 15) is 4.79 Å². The Balaban J connectivity index is 2.32. The van der Waals surface area contributed by atoms with Gasteiger partial charge in [-0.2, -0.15) is 0 Å². The zero-order valence-corrected chi connectivity index (χ0v) is 11.0. The lowest BCUT2D eigenvalue weighted by molar-refractivity contribution is -0.137. The van der Waals surface area contributed by atoms with Crippen molar-refractivity contribution in [1.82, 2.24) is 0 Å². The van der Waals surface area contributed by atoms with E-state index in [1.54, 1.807) is 6.07 Å². The van der Waals surface area contributed by atoms with E-state index in [0.717, 1.165) is 23.1 Å². The van der Waals surface area contributed by atoms with Crippen molar-refractivity contribution in [2.75, 3.05) is 11.9 Å². The lowest BCUT2D eigenvalue weighted by Crippen LogP contribution is -2.03. The maximum Gasteiger partial charge on any atom is 0.303 e. The van der Waals surface area contributed by atoms with Gasteiger partial charge in [-0.25, -0.2) is 0 Å². The Kier molecular flexibility index (Phi) is 5.63. The van der Waals surface area contributed by atoms with Gasteiger partial charge in [0.05, 0.1) is 9.50 Å². The smallest absolute Gasteiger partial charge is 0.303 e. The van der Waals surface area contributed by atoms with E-state index in [2.05, 4.69) is 21.2 Å². The first-order valence-electron chi connectivity index (χ1n) is 5.01. The highest BCUT2D eigenvalue weighted by Gasteiger charge is 2.02. The molecule has 0 unspecified atom stereocenters. The molecule has 1 rings (SSSR count). The van der Waals surface area contributed by atoms with Gasteiger partial charge in [0.2, 0.25) is 0 Å². The summed E-state index contributed by atoms with van der Waals surface area (Å²) in [6.45, 7) is 0.742. The molecule has 0 radical (unpaired) electrons. The van der Waals surface area contributed by atoms with E-state index < -0.39 is 5.97 Å². The fraction of sp³-hybridized carbons (Fsp3) is 0.364. The van der Waals surface area contributed by atoms with Gasteiger partial charge in [-0.15, -0.1) is 0 Å². The van der Waals surface area contributed by atoms with E-state index in [0.29, 0.717) is 11.4 Å². The minimum absolute atomic E-state index is 0.221. The predicted molar refractivity (Wildman–Crippen MR) is 69.1 cm³/mol. The van der Waals surface area contributed by atoms with Gasteiger partial charge >= 0.3 is 5.97 Å². The van der Waals surface area contributed by atoms with Crippen LogP contribution in [-0.2, 0) is 4.79 Å². The number of carboxylic acid groups (broad SMARTS) is 1. The molecule has 0 saturated carbocycles. The maximum absolute atomic E-state index is 10.3. The van der Waals surface area contributed by atoms with Crippen molar-refractivity contribution in [3.63, 3.8) is 0 Å². The molecule has 0 amide bonds. The summed E-state index contributed by atoms with van der Waals surface area (Å²) in [7, 11) is 0. The molecule has 88 valence electrons. The van der Waals surface area contributed by atoms with Crippen LogP contribution in [0.15, 0.2) is 22.7 Å². The summed E-state index contributed by atoms with van der Waals surface area (Å²) < 4.78 is 0.843. The van der Waals surface area contributed by atoms with Crippen LogP contribution in [0.4, 0.5) is 5.69 Å². The third kappa shape index (κ3) is 4.41. The van der Waals surface area contributed by atoms with Crippen molar-refractivity contribution >= 4 is 39.2 Å². The Morgan fingerprint density at radius 2 is 2.19 bits per heavy atom. The summed E-state index contributed by atoms with van der Waals surface area (Å²) in [5.74, 6) is -0.746. The number of carboxylic acids is 1. The number of unbranched alkanes of at least 4 members (excludes halogenated alkanes) is 1. The zero-order valence-electron chi connectivity index (χ0n) is 8.67. The molecule has 5 heteroatoms. The number of hydrogen-bond acceptors (Lipinski definition) is 2. The van der Waals surface area contributed by atoms with E-state index in [4.69, 9.17) is 16.7 Å². The maximum atomic E-state index is 10.3. The highest BCUT2D eigenvalue weighted by molar-refractivity contribution is 9.10. The van der Waals surface area contributed by atoms with Gasteiger partial charge in [-0.05, 0) is 40.9 Å². The quantitative estimate of drug-likeness (QED) is 0.787. The molecule has 0 fully saturated rings. The number of halogens is 2. The largest absolute Gasteiger partial charge is 0.481 e. The molecule has 0 atom stereocenters. The van der Waals surface area contributed by atoms with Gasteiger partial charge in [0.15, 0.2) is 0 Å². The van der Waals surface area contributed by atoms with Gasteiger partial charge in [0.1, 0.15) is 0 Å². The molecule has 0 spiro atoms.